The zero-order chi connectivity index (χ0) is 13.1. The third-order valence-electron chi connectivity index (χ3n) is 2.15. The molecule has 0 unspecified atom stereocenters. The van der Waals surface area contributed by atoms with E-state index in [9.17, 15) is 0 Å². The predicted octanol–water partition coefficient (Wildman–Crippen LogP) is 1.71. The van der Waals surface area contributed by atoms with Crippen LogP contribution in [0, 0.1) is 0 Å². The first-order chi connectivity index (χ1) is 9.35. The molecule has 0 amide bonds. The van der Waals surface area contributed by atoms with Crippen LogP contribution in [0.2, 0.25) is 0 Å². The van der Waals surface area contributed by atoms with Crippen molar-refractivity contribution >= 4 is 29.0 Å². The summed E-state index contributed by atoms with van der Waals surface area (Å²) in [5.41, 5.74) is 0. The molecule has 9 heteroatoms. The SMILES string of the molecule is CNc1nc(Sc2nccs2)nc(-n2ccnc2)n1. The van der Waals surface area contributed by atoms with Gasteiger partial charge in [-0.1, -0.05) is 0 Å². The first-order valence-corrected chi connectivity index (χ1v) is 7.04. The molecular formula is C10H9N7S2. The Morgan fingerprint density at radius 2 is 2.21 bits per heavy atom. The lowest BCUT2D eigenvalue weighted by Gasteiger charge is -2.05. The molecule has 0 aliphatic heterocycles. The van der Waals surface area contributed by atoms with Crippen LogP contribution >= 0.6 is 23.1 Å². The molecule has 3 aromatic rings. The van der Waals surface area contributed by atoms with E-state index >= 15 is 0 Å². The van der Waals surface area contributed by atoms with E-state index < -0.39 is 0 Å². The van der Waals surface area contributed by atoms with Gasteiger partial charge in [-0.2, -0.15) is 15.0 Å². The molecule has 1 N–H and O–H groups in total. The van der Waals surface area contributed by atoms with Crippen LogP contribution in [0.1, 0.15) is 0 Å². The van der Waals surface area contributed by atoms with Crippen LogP contribution in [0.5, 0.6) is 0 Å². The second-order valence-corrected chi connectivity index (χ2v) is 5.47. The highest BCUT2D eigenvalue weighted by Crippen LogP contribution is 2.27. The normalized spacial score (nSPS) is 10.6. The average molecular weight is 291 g/mol. The quantitative estimate of drug-likeness (QED) is 0.783. The zero-order valence-corrected chi connectivity index (χ0v) is 11.5. The number of thiazole rings is 1. The highest BCUT2D eigenvalue weighted by Gasteiger charge is 2.09. The van der Waals surface area contributed by atoms with Crippen LogP contribution in [-0.2, 0) is 0 Å². The topological polar surface area (TPSA) is 81.4 Å². The molecule has 7 nitrogen and oxygen atoms in total. The number of nitrogens with zero attached hydrogens (tertiary/aromatic N) is 6. The van der Waals surface area contributed by atoms with Crippen molar-refractivity contribution in [1.29, 1.82) is 0 Å². The monoisotopic (exact) mass is 291 g/mol. The third kappa shape index (κ3) is 2.71. The highest BCUT2D eigenvalue weighted by molar-refractivity contribution is 8.00. The third-order valence-corrected chi connectivity index (χ3v) is 3.90. The summed E-state index contributed by atoms with van der Waals surface area (Å²) in [6.45, 7) is 0. The molecule has 3 aromatic heterocycles. The van der Waals surface area contributed by atoms with Crippen LogP contribution in [0.15, 0.2) is 39.8 Å². The maximum atomic E-state index is 4.39. The molecule has 96 valence electrons. The van der Waals surface area contributed by atoms with E-state index in [1.165, 1.54) is 11.8 Å². The van der Waals surface area contributed by atoms with Gasteiger partial charge < -0.3 is 5.32 Å². The minimum absolute atomic E-state index is 0.512. The average Bonchev–Trinajstić information content (AvgIpc) is 3.11. The second-order valence-electron chi connectivity index (χ2n) is 3.36. The van der Waals surface area contributed by atoms with E-state index in [-0.39, 0.29) is 0 Å². The van der Waals surface area contributed by atoms with Crippen LogP contribution in [0.25, 0.3) is 5.95 Å². The lowest BCUT2D eigenvalue weighted by atomic mass is 10.8. The maximum absolute atomic E-state index is 4.39. The zero-order valence-electron chi connectivity index (χ0n) is 9.89. The summed E-state index contributed by atoms with van der Waals surface area (Å²) in [5, 5.41) is 5.43. The molecule has 0 atom stereocenters. The number of imidazole rings is 1. The molecule has 3 rings (SSSR count). The molecule has 0 bridgehead atoms. The molecule has 0 spiro atoms. The fraction of sp³-hybridized carbons (Fsp3) is 0.100. The van der Waals surface area contributed by atoms with Gasteiger partial charge in [0.2, 0.25) is 17.1 Å². The Kier molecular flexibility index (Phi) is 3.38. The molecule has 0 saturated carbocycles. The molecule has 0 aromatic carbocycles. The lowest BCUT2D eigenvalue weighted by molar-refractivity contribution is 0.827. The van der Waals surface area contributed by atoms with E-state index in [0.29, 0.717) is 17.1 Å². The number of nitrogens with one attached hydrogen (secondary N) is 1. The van der Waals surface area contributed by atoms with Crippen molar-refractivity contribution in [2.75, 3.05) is 12.4 Å². The molecule has 19 heavy (non-hydrogen) atoms. The molecule has 0 aliphatic rings. The van der Waals surface area contributed by atoms with E-state index in [4.69, 9.17) is 0 Å². The van der Waals surface area contributed by atoms with Crippen molar-refractivity contribution < 1.29 is 0 Å². The minimum atomic E-state index is 0.512. The van der Waals surface area contributed by atoms with Crippen LogP contribution < -0.4 is 5.32 Å². The number of hydrogen-bond donors (Lipinski definition) is 1. The van der Waals surface area contributed by atoms with Gasteiger partial charge in [0.15, 0.2) is 4.34 Å². The summed E-state index contributed by atoms with van der Waals surface area (Å²) in [6.07, 6.45) is 6.86. The van der Waals surface area contributed by atoms with Gasteiger partial charge >= 0.3 is 0 Å². The predicted molar refractivity (Wildman–Crippen MR) is 72.7 cm³/mol. The molecule has 0 aliphatic carbocycles. The van der Waals surface area contributed by atoms with Crippen molar-refractivity contribution in [3.05, 3.63) is 30.3 Å². The number of anilines is 1. The standard InChI is InChI=1S/C10H9N7S2/c1-11-7-14-8(17-4-2-12-6-17)16-9(15-7)19-10-13-3-5-18-10/h2-6H,1H3,(H,11,14,15,16). The fourth-order valence-electron chi connectivity index (χ4n) is 1.34. The Morgan fingerprint density at radius 1 is 1.26 bits per heavy atom. The van der Waals surface area contributed by atoms with Crippen LogP contribution in [0.4, 0.5) is 5.95 Å². The van der Waals surface area contributed by atoms with Gasteiger partial charge in [-0.3, -0.25) is 4.57 Å². The van der Waals surface area contributed by atoms with Crippen molar-refractivity contribution in [3.63, 3.8) is 0 Å². The summed E-state index contributed by atoms with van der Waals surface area (Å²) >= 11 is 2.95. The van der Waals surface area contributed by atoms with Gasteiger partial charge in [0.1, 0.15) is 6.33 Å². The summed E-state index contributed by atoms with van der Waals surface area (Å²) in [7, 11) is 1.77. The maximum Gasteiger partial charge on any atom is 0.240 e. The van der Waals surface area contributed by atoms with E-state index in [2.05, 4.69) is 30.2 Å². The first-order valence-electron chi connectivity index (χ1n) is 5.34. The van der Waals surface area contributed by atoms with Gasteiger partial charge in [0, 0.05) is 31.0 Å². The number of rotatable bonds is 4. The van der Waals surface area contributed by atoms with Crippen molar-refractivity contribution in [3.8, 4) is 5.95 Å². The van der Waals surface area contributed by atoms with Crippen molar-refractivity contribution in [2.24, 2.45) is 0 Å². The Labute approximate surface area is 117 Å². The van der Waals surface area contributed by atoms with Gasteiger partial charge in [0.05, 0.1) is 0 Å². The Morgan fingerprint density at radius 3 is 2.89 bits per heavy atom. The van der Waals surface area contributed by atoms with Gasteiger partial charge in [-0.05, 0) is 11.8 Å². The van der Waals surface area contributed by atoms with Gasteiger partial charge in [-0.25, -0.2) is 9.97 Å². The first kappa shape index (κ1) is 12.1. The van der Waals surface area contributed by atoms with Gasteiger partial charge in [-0.15, -0.1) is 11.3 Å². The second kappa shape index (κ2) is 5.33. The molecule has 0 radical (unpaired) electrons. The van der Waals surface area contributed by atoms with E-state index in [1.807, 2.05) is 5.38 Å². The molecule has 3 heterocycles. The largest absolute Gasteiger partial charge is 0.357 e. The molecule has 0 saturated heterocycles. The minimum Gasteiger partial charge on any atom is -0.357 e. The molecule has 0 fully saturated rings. The van der Waals surface area contributed by atoms with E-state index in [1.54, 1.807) is 47.9 Å². The van der Waals surface area contributed by atoms with Gasteiger partial charge in [0.25, 0.3) is 0 Å². The highest BCUT2D eigenvalue weighted by atomic mass is 32.2. The smallest absolute Gasteiger partial charge is 0.240 e. The number of hydrogen-bond acceptors (Lipinski definition) is 8. The Hall–Kier alpha value is -2.00. The molecular weight excluding hydrogens is 282 g/mol. The fourth-order valence-corrected chi connectivity index (χ4v) is 2.81. The number of aromatic nitrogens is 6. The lowest BCUT2D eigenvalue weighted by Crippen LogP contribution is -2.06. The van der Waals surface area contributed by atoms with Crippen LogP contribution in [0.3, 0.4) is 0 Å². The summed E-state index contributed by atoms with van der Waals surface area (Å²) < 4.78 is 2.62. The van der Waals surface area contributed by atoms with Crippen molar-refractivity contribution in [1.82, 2.24) is 29.5 Å². The van der Waals surface area contributed by atoms with Crippen LogP contribution in [-0.4, -0.2) is 36.5 Å². The summed E-state index contributed by atoms with van der Waals surface area (Å²) in [6, 6.07) is 0. The van der Waals surface area contributed by atoms with E-state index in [0.717, 1.165) is 4.34 Å². The summed E-state index contributed by atoms with van der Waals surface area (Å²) in [4.78, 5) is 21.2. The summed E-state index contributed by atoms with van der Waals surface area (Å²) in [5.74, 6) is 1.04. The van der Waals surface area contributed by atoms with Crippen molar-refractivity contribution in [2.45, 2.75) is 9.50 Å². The Bertz CT molecular complexity index is 651. The Balaban J connectivity index is 1.98.